The molecule has 1 amide bonds. The number of aryl methyl sites for hydroxylation is 1. The Balaban J connectivity index is 1.45. The minimum absolute atomic E-state index is 0.00604. The fourth-order valence-corrected chi connectivity index (χ4v) is 2.72. The monoisotopic (exact) mass is 394 g/mol. The Morgan fingerprint density at radius 3 is 2.76 bits per heavy atom. The first-order valence-corrected chi connectivity index (χ1v) is 8.59. The minimum atomic E-state index is -0.385. The zero-order chi connectivity index (χ0) is 20.4. The van der Waals surface area contributed by atoms with E-state index in [0.717, 1.165) is 0 Å². The summed E-state index contributed by atoms with van der Waals surface area (Å²) in [5.41, 5.74) is 1.78. The molecule has 0 saturated heterocycles. The number of amides is 1. The molecule has 0 bridgehead atoms. The number of nitrogens with zero attached hydrogens (tertiary/aromatic N) is 4. The van der Waals surface area contributed by atoms with Crippen molar-refractivity contribution in [2.45, 2.75) is 6.54 Å². The van der Waals surface area contributed by atoms with Crippen LogP contribution >= 0.6 is 0 Å². The average Bonchev–Trinajstić information content (AvgIpc) is 3.34. The molecule has 2 N–H and O–H groups in total. The third-order valence-electron chi connectivity index (χ3n) is 4.15. The predicted molar refractivity (Wildman–Crippen MR) is 100 cm³/mol. The lowest BCUT2D eigenvalue weighted by Crippen LogP contribution is -2.25. The van der Waals surface area contributed by atoms with Crippen LogP contribution in [0.3, 0.4) is 0 Å². The van der Waals surface area contributed by atoms with Crippen LogP contribution in [-0.2, 0) is 13.6 Å². The number of hydrogen-bond donors (Lipinski definition) is 2. The SMILES string of the molecule is Cn1nc(-c2ccc(F)cc2)cc1C(=O)NCc1nc(-c2cc[nH]c(=O)c2)no1. The van der Waals surface area contributed by atoms with E-state index in [-0.39, 0.29) is 35.5 Å². The first kappa shape index (κ1) is 18.3. The number of aromatic nitrogens is 5. The third-order valence-corrected chi connectivity index (χ3v) is 4.15. The maximum absolute atomic E-state index is 13.1. The first-order valence-electron chi connectivity index (χ1n) is 8.59. The molecule has 0 aliphatic heterocycles. The molecule has 0 fully saturated rings. The highest BCUT2D eigenvalue weighted by Crippen LogP contribution is 2.19. The summed E-state index contributed by atoms with van der Waals surface area (Å²) in [6.45, 7) is 0.00604. The highest BCUT2D eigenvalue weighted by atomic mass is 19.1. The Labute approximate surface area is 163 Å². The largest absolute Gasteiger partial charge is 0.342 e. The van der Waals surface area contributed by atoms with Crippen LogP contribution in [0.15, 0.2) is 58.0 Å². The van der Waals surface area contributed by atoms with Gasteiger partial charge >= 0.3 is 0 Å². The van der Waals surface area contributed by atoms with Crippen LogP contribution < -0.4 is 10.9 Å². The van der Waals surface area contributed by atoms with Gasteiger partial charge in [0.1, 0.15) is 11.5 Å². The Morgan fingerprint density at radius 1 is 1.21 bits per heavy atom. The summed E-state index contributed by atoms with van der Waals surface area (Å²) in [5, 5.41) is 10.8. The Hall–Kier alpha value is -4.08. The lowest BCUT2D eigenvalue weighted by Gasteiger charge is -2.01. The highest BCUT2D eigenvalue weighted by molar-refractivity contribution is 5.93. The number of nitrogens with one attached hydrogen (secondary N) is 2. The molecule has 10 heteroatoms. The number of H-pyrrole nitrogens is 1. The van der Waals surface area contributed by atoms with Gasteiger partial charge in [0.2, 0.25) is 17.3 Å². The molecule has 29 heavy (non-hydrogen) atoms. The van der Waals surface area contributed by atoms with Gasteiger partial charge in [0.15, 0.2) is 0 Å². The summed E-state index contributed by atoms with van der Waals surface area (Å²) in [4.78, 5) is 30.5. The summed E-state index contributed by atoms with van der Waals surface area (Å²) in [5.74, 6) is -0.292. The molecule has 0 aliphatic carbocycles. The smallest absolute Gasteiger partial charge is 0.269 e. The standard InChI is InChI=1S/C19H15FN6O3/c1-26-15(9-14(24-26)11-2-4-13(20)5-3-11)19(28)22-10-17-23-18(25-29-17)12-6-7-21-16(27)8-12/h2-9H,10H2,1H3,(H,21,27)(H,22,28). The topological polar surface area (TPSA) is 119 Å². The quantitative estimate of drug-likeness (QED) is 0.534. The Kier molecular flexibility index (Phi) is 4.73. The van der Waals surface area contributed by atoms with Crippen molar-refractivity contribution >= 4 is 5.91 Å². The van der Waals surface area contributed by atoms with E-state index >= 15 is 0 Å². The molecule has 4 aromatic rings. The van der Waals surface area contributed by atoms with Gasteiger partial charge < -0.3 is 14.8 Å². The maximum atomic E-state index is 13.1. The summed E-state index contributed by atoms with van der Waals surface area (Å²) < 4.78 is 19.6. The van der Waals surface area contributed by atoms with E-state index in [2.05, 4.69) is 25.5 Å². The van der Waals surface area contributed by atoms with E-state index in [1.165, 1.54) is 29.1 Å². The fourth-order valence-electron chi connectivity index (χ4n) is 2.72. The number of benzene rings is 1. The third kappa shape index (κ3) is 3.95. The number of hydrogen-bond acceptors (Lipinski definition) is 6. The van der Waals surface area contributed by atoms with Gasteiger partial charge in [0.05, 0.1) is 12.2 Å². The lowest BCUT2D eigenvalue weighted by molar-refractivity contribution is 0.0937. The molecule has 1 aromatic carbocycles. The van der Waals surface area contributed by atoms with Gasteiger partial charge in [-0.25, -0.2) is 4.39 Å². The second-order valence-electron chi connectivity index (χ2n) is 6.18. The second-order valence-corrected chi connectivity index (χ2v) is 6.18. The number of pyridine rings is 1. The van der Waals surface area contributed by atoms with Crippen molar-refractivity contribution in [3.63, 3.8) is 0 Å². The molecule has 0 atom stereocenters. The molecular weight excluding hydrogens is 379 g/mol. The van der Waals surface area contributed by atoms with Gasteiger partial charge in [-0.2, -0.15) is 10.1 Å². The number of aromatic amines is 1. The van der Waals surface area contributed by atoms with Gasteiger partial charge in [-0.05, 0) is 36.4 Å². The Morgan fingerprint density at radius 2 is 2.00 bits per heavy atom. The molecule has 0 spiro atoms. The molecule has 0 saturated carbocycles. The maximum Gasteiger partial charge on any atom is 0.269 e. The van der Waals surface area contributed by atoms with Crippen LogP contribution in [0.5, 0.6) is 0 Å². The number of rotatable bonds is 5. The van der Waals surface area contributed by atoms with Crippen LogP contribution in [0.1, 0.15) is 16.4 Å². The molecule has 0 unspecified atom stereocenters. The van der Waals surface area contributed by atoms with Crippen LogP contribution in [0.2, 0.25) is 0 Å². The van der Waals surface area contributed by atoms with Gasteiger partial charge in [0, 0.05) is 30.4 Å². The van der Waals surface area contributed by atoms with Gasteiger partial charge in [0.25, 0.3) is 5.91 Å². The van der Waals surface area contributed by atoms with E-state index in [0.29, 0.717) is 22.5 Å². The van der Waals surface area contributed by atoms with Crippen molar-refractivity contribution in [2.75, 3.05) is 0 Å². The highest BCUT2D eigenvalue weighted by Gasteiger charge is 2.16. The predicted octanol–water partition coefficient (Wildman–Crippen LogP) is 1.89. The van der Waals surface area contributed by atoms with Crippen LogP contribution in [-0.4, -0.2) is 30.8 Å². The molecule has 4 rings (SSSR count). The normalized spacial score (nSPS) is 10.8. The van der Waals surface area contributed by atoms with Crippen molar-refractivity contribution in [3.05, 3.63) is 76.4 Å². The molecular formula is C19H15FN6O3. The summed E-state index contributed by atoms with van der Waals surface area (Å²) >= 11 is 0. The van der Waals surface area contributed by atoms with Crippen molar-refractivity contribution in [2.24, 2.45) is 7.05 Å². The number of carbonyl (C=O) groups is 1. The molecule has 0 radical (unpaired) electrons. The van der Waals surface area contributed by atoms with E-state index in [1.807, 2.05) is 0 Å². The summed E-state index contributed by atoms with van der Waals surface area (Å²) in [6.07, 6.45) is 1.48. The molecule has 3 heterocycles. The van der Waals surface area contributed by atoms with Crippen LogP contribution in [0, 0.1) is 5.82 Å². The lowest BCUT2D eigenvalue weighted by atomic mass is 10.1. The molecule has 0 aliphatic rings. The second kappa shape index (κ2) is 7.50. The van der Waals surface area contributed by atoms with E-state index in [4.69, 9.17) is 4.52 Å². The average molecular weight is 394 g/mol. The van der Waals surface area contributed by atoms with Gasteiger partial charge in [-0.1, -0.05) is 5.16 Å². The van der Waals surface area contributed by atoms with Crippen molar-refractivity contribution in [1.82, 2.24) is 30.2 Å². The zero-order valence-corrected chi connectivity index (χ0v) is 15.2. The summed E-state index contributed by atoms with van der Waals surface area (Å²) in [7, 11) is 1.64. The number of halogens is 1. The molecule has 146 valence electrons. The van der Waals surface area contributed by atoms with Gasteiger partial charge in [-0.3, -0.25) is 14.3 Å². The molecule has 3 aromatic heterocycles. The van der Waals surface area contributed by atoms with Crippen LogP contribution in [0.25, 0.3) is 22.6 Å². The van der Waals surface area contributed by atoms with Crippen molar-refractivity contribution in [1.29, 1.82) is 0 Å². The van der Waals surface area contributed by atoms with E-state index < -0.39 is 0 Å². The summed E-state index contributed by atoms with van der Waals surface area (Å²) in [6, 6.07) is 10.4. The van der Waals surface area contributed by atoms with E-state index in [9.17, 15) is 14.0 Å². The van der Waals surface area contributed by atoms with Gasteiger partial charge in [-0.15, -0.1) is 0 Å². The van der Waals surface area contributed by atoms with Crippen molar-refractivity contribution in [3.8, 4) is 22.6 Å². The van der Waals surface area contributed by atoms with Crippen molar-refractivity contribution < 1.29 is 13.7 Å². The number of carbonyl (C=O) groups excluding carboxylic acids is 1. The zero-order valence-electron chi connectivity index (χ0n) is 15.2. The molecule has 9 nitrogen and oxygen atoms in total. The van der Waals surface area contributed by atoms with Crippen LogP contribution in [0.4, 0.5) is 4.39 Å². The fraction of sp³-hybridized carbons (Fsp3) is 0.105. The first-order chi connectivity index (χ1) is 14.0. The minimum Gasteiger partial charge on any atom is -0.342 e. The van der Waals surface area contributed by atoms with E-state index in [1.54, 1.807) is 31.3 Å². The Bertz CT molecular complexity index is 1230.